The Hall–Kier alpha value is -1.72. The summed E-state index contributed by atoms with van der Waals surface area (Å²) in [6.07, 6.45) is 4.77. The summed E-state index contributed by atoms with van der Waals surface area (Å²) in [4.78, 5) is 13.0. The number of nitrogens with zero attached hydrogens (tertiary/aromatic N) is 1. The van der Waals surface area contributed by atoms with Gasteiger partial charge in [-0.05, 0) is 51.3 Å². The first-order valence-corrected chi connectivity index (χ1v) is 10.1. The second kappa shape index (κ2) is 8.53. The summed E-state index contributed by atoms with van der Waals surface area (Å²) in [6, 6.07) is 8.78. The summed E-state index contributed by atoms with van der Waals surface area (Å²) < 4.78 is 13.3. The highest BCUT2D eigenvalue weighted by Crippen LogP contribution is 2.31. The number of carbonyl (C=O) groups is 1. The van der Waals surface area contributed by atoms with Crippen molar-refractivity contribution in [2.45, 2.75) is 70.6 Å². The Kier molecular flexibility index (Phi) is 6.33. The molecule has 1 aromatic carbocycles. The predicted octanol–water partition coefficient (Wildman–Crippen LogP) is 3.50. The molecule has 1 aromatic rings. The molecule has 3 atom stereocenters. The molecule has 0 bridgehead atoms. The smallest absolute Gasteiger partial charge is 0.406 e. The first kappa shape index (κ1) is 20.0. The molecule has 5 nitrogen and oxygen atoms in total. The van der Waals surface area contributed by atoms with E-state index in [9.17, 15) is 4.79 Å². The monoisotopic (exact) mass is 373 g/mol. The van der Waals surface area contributed by atoms with Gasteiger partial charge in [0.15, 0.2) is 12.3 Å². The number of nitrogens with one attached hydrogen (secondary N) is 1. The van der Waals surface area contributed by atoms with Gasteiger partial charge in [0.25, 0.3) is 0 Å². The lowest BCUT2D eigenvalue weighted by atomic mass is 10.0. The Bertz CT molecular complexity index is 691. The average Bonchev–Trinajstić information content (AvgIpc) is 3.02. The maximum atomic E-state index is 13.0. The lowest BCUT2D eigenvalue weighted by Crippen LogP contribution is -2.49. The van der Waals surface area contributed by atoms with Crippen LogP contribution in [-0.2, 0) is 15.9 Å². The fourth-order valence-electron chi connectivity index (χ4n) is 4.02. The van der Waals surface area contributed by atoms with Crippen LogP contribution in [0.15, 0.2) is 24.3 Å². The van der Waals surface area contributed by atoms with Gasteiger partial charge in [-0.15, -0.1) is 4.58 Å². The van der Waals surface area contributed by atoms with Crippen LogP contribution < -0.4 is 5.32 Å². The summed E-state index contributed by atoms with van der Waals surface area (Å²) in [5, 5.41) is 3.45. The zero-order valence-corrected chi connectivity index (χ0v) is 17.0. The number of aryl methyl sites for hydroxylation is 1. The second-order valence-corrected chi connectivity index (χ2v) is 8.56. The Morgan fingerprint density at radius 2 is 2.11 bits per heavy atom. The molecule has 148 valence electrons. The largest absolute Gasteiger partial charge is 0.596 e. The number of rotatable bonds is 4. The Balaban J connectivity index is 1.87. The fourth-order valence-corrected chi connectivity index (χ4v) is 4.02. The molecule has 1 fully saturated rings. The van der Waals surface area contributed by atoms with Crippen LogP contribution in [0.5, 0.6) is 0 Å². The summed E-state index contributed by atoms with van der Waals surface area (Å²) in [6.45, 7) is 9.96. The number of likely N-dealkylation sites (N-methyl/N-ethyl adjacent to an activating group) is 1. The minimum Gasteiger partial charge on any atom is -0.406 e. The van der Waals surface area contributed by atoms with Crippen LogP contribution in [0.1, 0.15) is 57.6 Å². The van der Waals surface area contributed by atoms with Gasteiger partial charge in [0, 0.05) is 12.5 Å². The Morgan fingerprint density at radius 3 is 2.85 bits per heavy atom. The van der Waals surface area contributed by atoms with E-state index in [-0.39, 0.29) is 24.1 Å². The molecule has 27 heavy (non-hydrogen) atoms. The number of hydrogen-bond donors (Lipinski definition) is 1. The van der Waals surface area contributed by atoms with Crippen LogP contribution in [0.2, 0.25) is 0 Å². The van der Waals surface area contributed by atoms with Crippen LogP contribution in [0, 0.1) is 0 Å². The van der Waals surface area contributed by atoms with Gasteiger partial charge in [-0.1, -0.05) is 31.2 Å². The highest BCUT2D eigenvalue weighted by Gasteiger charge is 2.39. The standard InChI is InChI=1S/C22H33N2O3/c1-5-23-18-12-19(15-26-14-18)24(21(25)27-22(2,3)4)13-17-11-10-16-8-6-7-9-20(16)17/h6-9,13,17-19,23H,5,10-12,14-15H2,1-4H3/q+1/b24-13-. The lowest BCUT2D eigenvalue weighted by Gasteiger charge is -2.28. The quantitative estimate of drug-likeness (QED) is 0.648. The van der Waals surface area contributed by atoms with Crippen molar-refractivity contribution in [3.05, 3.63) is 35.4 Å². The summed E-state index contributed by atoms with van der Waals surface area (Å²) in [7, 11) is 0. The van der Waals surface area contributed by atoms with E-state index in [0.29, 0.717) is 13.2 Å². The van der Waals surface area contributed by atoms with Gasteiger partial charge >= 0.3 is 6.09 Å². The van der Waals surface area contributed by atoms with E-state index in [1.807, 2.05) is 25.3 Å². The third kappa shape index (κ3) is 5.17. The second-order valence-electron chi connectivity index (χ2n) is 8.56. The van der Waals surface area contributed by atoms with E-state index < -0.39 is 5.60 Å². The van der Waals surface area contributed by atoms with Crippen LogP contribution in [0.25, 0.3) is 0 Å². The Morgan fingerprint density at radius 1 is 1.33 bits per heavy atom. The third-order valence-electron chi connectivity index (χ3n) is 5.20. The van der Waals surface area contributed by atoms with Crippen molar-refractivity contribution in [1.82, 2.24) is 5.32 Å². The number of hydrogen-bond acceptors (Lipinski definition) is 4. The topological polar surface area (TPSA) is 50.6 Å². The number of fused-ring (bicyclic) bond motifs is 1. The summed E-state index contributed by atoms with van der Waals surface area (Å²) >= 11 is 0. The molecule has 0 saturated carbocycles. The van der Waals surface area contributed by atoms with Crippen molar-refractivity contribution >= 4 is 12.3 Å². The predicted molar refractivity (Wildman–Crippen MR) is 107 cm³/mol. The van der Waals surface area contributed by atoms with Crippen molar-refractivity contribution < 1.29 is 18.8 Å². The SMILES string of the molecule is CCNC1COCC(/[N+](=C/C2CCc3ccccc32)C(=O)OC(C)(C)C)C1. The first-order chi connectivity index (χ1) is 12.9. The number of carbonyl (C=O) groups excluding carboxylic acids is 1. The van der Waals surface area contributed by atoms with Crippen molar-refractivity contribution in [3.63, 3.8) is 0 Å². The van der Waals surface area contributed by atoms with Gasteiger partial charge in [-0.3, -0.25) is 0 Å². The zero-order valence-electron chi connectivity index (χ0n) is 17.0. The van der Waals surface area contributed by atoms with Crippen LogP contribution >= 0.6 is 0 Å². The molecule has 1 amide bonds. The maximum Gasteiger partial charge on any atom is 0.596 e. The molecule has 3 rings (SSSR count). The van der Waals surface area contributed by atoms with E-state index in [1.54, 1.807) is 0 Å². The molecule has 0 spiro atoms. The number of benzene rings is 1. The van der Waals surface area contributed by atoms with E-state index in [1.165, 1.54) is 11.1 Å². The third-order valence-corrected chi connectivity index (χ3v) is 5.20. The van der Waals surface area contributed by atoms with Crippen LogP contribution in [0.4, 0.5) is 4.79 Å². The minimum atomic E-state index is -0.520. The molecule has 5 heteroatoms. The van der Waals surface area contributed by atoms with Crippen LogP contribution in [0.3, 0.4) is 0 Å². The Labute approximate surface area is 162 Å². The van der Waals surface area contributed by atoms with Crippen molar-refractivity contribution in [2.75, 3.05) is 19.8 Å². The zero-order chi connectivity index (χ0) is 19.4. The highest BCUT2D eigenvalue weighted by molar-refractivity contribution is 5.73. The highest BCUT2D eigenvalue weighted by atomic mass is 16.6. The molecule has 1 aliphatic carbocycles. The van der Waals surface area contributed by atoms with Crippen LogP contribution in [-0.4, -0.2) is 54.3 Å². The van der Waals surface area contributed by atoms with Crippen molar-refractivity contribution in [3.8, 4) is 0 Å². The molecule has 1 heterocycles. The molecule has 2 aliphatic rings. The maximum absolute atomic E-state index is 13.0. The van der Waals surface area contributed by atoms with E-state index in [2.05, 4.69) is 42.7 Å². The average molecular weight is 374 g/mol. The number of ether oxygens (including phenoxy) is 2. The van der Waals surface area contributed by atoms with E-state index in [4.69, 9.17) is 9.47 Å². The van der Waals surface area contributed by atoms with E-state index in [0.717, 1.165) is 25.8 Å². The first-order valence-electron chi connectivity index (χ1n) is 10.1. The van der Waals surface area contributed by atoms with Crippen molar-refractivity contribution in [1.29, 1.82) is 0 Å². The summed E-state index contributed by atoms with van der Waals surface area (Å²) in [5.41, 5.74) is 2.19. The van der Waals surface area contributed by atoms with Gasteiger partial charge in [0.2, 0.25) is 0 Å². The summed E-state index contributed by atoms with van der Waals surface area (Å²) in [5.74, 6) is 0.244. The number of amides is 1. The van der Waals surface area contributed by atoms with Gasteiger partial charge in [0.05, 0.1) is 12.5 Å². The van der Waals surface area contributed by atoms with Gasteiger partial charge < -0.3 is 14.8 Å². The van der Waals surface area contributed by atoms with Gasteiger partial charge in [0.1, 0.15) is 12.2 Å². The van der Waals surface area contributed by atoms with Gasteiger partial charge in [-0.25, -0.2) is 0 Å². The molecule has 1 saturated heterocycles. The molecule has 1 aliphatic heterocycles. The lowest BCUT2D eigenvalue weighted by molar-refractivity contribution is -0.499. The molecular weight excluding hydrogens is 340 g/mol. The fraction of sp³-hybridized carbons (Fsp3) is 0.636. The molecular formula is C22H33N2O3+. The normalized spacial score (nSPS) is 25.9. The minimum absolute atomic E-state index is 0.00888. The van der Waals surface area contributed by atoms with E-state index >= 15 is 0 Å². The van der Waals surface area contributed by atoms with Gasteiger partial charge in [-0.2, -0.15) is 4.79 Å². The molecule has 3 unspecified atom stereocenters. The van der Waals surface area contributed by atoms with Crippen molar-refractivity contribution in [2.24, 2.45) is 0 Å². The molecule has 0 radical (unpaired) electrons. The molecule has 1 N–H and O–H groups in total. The molecule has 0 aromatic heterocycles.